The maximum absolute atomic E-state index is 12.6. The first-order valence-electron chi connectivity index (χ1n) is 6.81. The van der Waals surface area contributed by atoms with Crippen LogP contribution in [0.15, 0.2) is 24.3 Å². The Kier molecular flexibility index (Phi) is 2.86. The molecule has 3 rings (SSSR count). The van der Waals surface area contributed by atoms with Crippen molar-refractivity contribution in [3.05, 3.63) is 35.4 Å². The summed E-state index contributed by atoms with van der Waals surface area (Å²) < 4.78 is 0. The van der Waals surface area contributed by atoms with E-state index in [4.69, 9.17) is 5.73 Å². The van der Waals surface area contributed by atoms with Crippen molar-refractivity contribution in [3.63, 3.8) is 0 Å². The molecule has 1 fully saturated rings. The third-order valence-electron chi connectivity index (χ3n) is 4.57. The second-order valence-electron chi connectivity index (χ2n) is 5.58. The summed E-state index contributed by atoms with van der Waals surface area (Å²) in [6.07, 6.45) is 4.07. The van der Waals surface area contributed by atoms with Crippen LogP contribution in [0.3, 0.4) is 0 Å². The minimum absolute atomic E-state index is 0.230. The maximum Gasteiger partial charge on any atom is 0.230 e. The lowest BCUT2D eigenvalue weighted by molar-refractivity contribution is -0.147. The summed E-state index contributed by atoms with van der Waals surface area (Å²) in [7, 11) is 0. The van der Waals surface area contributed by atoms with E-state index in [1.165, 1.54) is 11.1 Å². The molecule has 0 saturated heterocycles. The molecule has 1 amide bonds. The molecule has 0 atom stereocenters. The Morgan fingerprint density at radius 1 is 1.28 bits per heavy atom. The van der Waals surface area contributed by atoms with Crippen LogP contribution in [0, 0.1) is 5.41 Å². The maximum atomic E-state index is 12.6. The molecule has 3 heteroatoms. The van der Waals surface area contributed by atoms with Gasteiger partial charge in [0.15, 0.2) is 0 Å². The van der Waals surface area contributed by atoms with Gasteiger partial charge in [-0.05, 0) is 30.4 Å². The van der Waals surface area contributed by atoms with Crippen LogP contribution in [0.2, 0.25) is 0 Å². The van der Waals surface area contributed by atoms with Crippen molar-refractivity contribution in [2.24, 2.45) is 11.1 Å². The van der Waals surface area contributed by atoms with E-state index in [0.29, 0.717) is 6.54 Å². The van der Waals surface area contributed by atoms with Gasteiger partial charge < -0.3 is 10.6 Å². The number of carbonyl (C=O) groups is 1. The molecule has 2 N–H and O–H groups in total. The normalized spacial score (nSPS) is 21.1. The Morgan fingerprint density at radius 3 is 2.61 bits per heavy atom. The number of fused-ring (bicyclic) bond motifs is 1. The Hall–Kier alpha value is -1.35. The van der Waals surface area contributed by atoms with Gasteiger partial charge in [-0.2, -0.15) is 0 Å². The summed E-state index contributed by atoms with van der Waals surface area (Å²) in [5, 5.41) is 0. The molecule has 1 saturated carbocycles. The molecule has 0 unspecified atom stereocenters. The third-order valence-corrected chi connectivity index (χ3v) is 4.57. The fourth-order valence-corrected chi connectivity index (χ4v) is 3.11. The zero-order chi connectivity index (χ0) is 12.6. The summed E-state index contributed by atoms with van der Waals surface area (Å²) >= 11 is 0. The largest absolute Gasteiger partial charge is 0.338 e. The van der Waals surface area contributed by atoms with E-state index in [2.05, 4.69) is 24.3 Å². The number of amides is 1. The van der Waals surface area contributed by atoms with Gasteiger partial charge in [0, 0.05) is 19.6 Å². The van der Waals surface area contributed by atoms with Crippen molar-refractivity contribution in [2.75, 3.05) is 13.1 Å². The predicted octanol–water partition coefficient (Wildman–Crippen LogP) is 1.70. The number of benzene rings is 1. The van der Waals surface area contributed by atoms with Crippen molar-refractivity contribution in [2.45, 2.75) is 32.2 Å². The minimum atomic E-state index is -0.230. The Bertz CT molecular complexity index is 460. The molecule has 3 nitrogen and oxygen atoms in total. The van der Waals surface area contributed by atoms with Crippen molar-refractivity contribution in [1.29, 1.82) is 0 Å². The second-order valence-corrected chi connectivity index (χ2v) is 5.58. The van der Waals surface area contributed by atoms with Crippen molar-refractivity contribution < 1.29 is 4.79 Å². The molecule has 0 radical (unpaired) electrons. The Morgan fingerprint density at radius 2 is 2.00 bits per heavy atom. The van der Waals surface area contributed by atoms with Gasteiger partial charge in [0.1, 0.15) is 0 Å². The molecule has 1 aliphatic heterocycles. The molecule has 0 bridgehead atoms. The highest BCUT2D eigenvalue weighted by atomic mass is 16.2. The number of rotatable bonds is 2. The molecule has 0 aromatic heterocycles. The van der Waals surface area contributed by atoms with Gasteiger partial charge in [-0.1, -0.05) is 30.7 Å². The molecule has 18 heavy (non-hydrogen) atoms. The lowest BCUT2D eigenvalue weighted by Gasteiger charge is -2.44. The summed E-state index contributed by atoms with van der Waals surface area (Å²) in [5.41, 5.74) is 8.27. The van der Waals surface area contributed by atoms with E-state index >= 15 is 0 Å². The molecule has 96 valence electrons. The molecule has 1 aliphatic carbocycles. The first-order chi connectivity index (χ1) is 8.75. The van der Waals surface area contributed by atoms with Crippen molar-refractivity contribution >= 4 is 5.91 Å². The van der Waals surface area contributed by atoms with Gasteiger partial charge in [0.2, 0.25) is 5.91 Å². The monoisotopic (exact) mass is 244 g/mol. The van der Waals surface area contributed by atoms with Crippen LogP contribution in [0.1, 0.15) is 30.4 Å². The first-order valence-corrected chi connectivity index (χ1v) is 6.81. The molecule has 0 spiro atoms. The number of nitrogens with zero attached hydrogens (tertiary/aromatic N) is 1. The number of hydrogen-bond acceptors (Lipinski definition) is 2. The molecular weight excluding hydrogens is 224 g/mol. The van der Waals surface area contributed by atoms with Gasteiger partial charge in [0.25, 0.3) is 0 Å². The van der Waals surface area contributed by atoms with Crippen molar-refractivity contribution in [3.8, 4) is 0 Å². The summed E-state index contributed by atoms with van der Waals surface area (Å²) in [6.45, 7) is 2.11. The fraction of sp³-hybridized carbons (Fsp3) is 0.533. The van der Waals surface area contributed by atoms with Gasteiger partial charge in [0.05, 0.1) is 5.41 Å². The van der Waals surface area contributed by atoms with Crippen LogP contribution < -0.4 is 5.73 Å². The topological polar surface area (TPSA) is 46.3 Å². The fourth-order valence-electron chi connectivity index (χ4n) is 3.11. The Labute approximate surface area is 108 Å². The van der Waals surface area contributed by atoms with Gasteiger partial charge >= 0.3 is 0 Å². The highest BCUT2D eigenvalue weighted by Gasteiger charge is 2.45. The predicted molar refractivity (Wildman–Crippen MR) is 70.9 cm³/mol. The standard InChI is InChI=1S/C15H20N2O/c16-11-15(7-3-8-15)14(18)17-9-6-12-4-1-2-5-13(12)10-17/h1-2,4-5H,3,6-11,16H2. The van der Waals surface area contributed by atoms with E-state index < -0.39 is 0 Å². The van der Waals surface area contributed by atoms with Gasteiger partial charge in [-0.25, -0.2) is 0 Å². The lowest BCUT2D eigenvalue weighted by Crippen LogP contribution is -2.52. The van der Waals surface area contributed by atoms with Crippen LogP contribution in [0.5, 0.6) is 0 Å². The Balaban J connectivity index is 1.78. The van der Waals surface area contributed by atoms with E-state index in [0.717, 1.165) is 38.8 Å². The number of hydrogen-bond donors (Lipinski definition) is 1. The molecule has 1 heterocycles. The van der Waals surface area contributed by atoms with Gasteiger partial charge in [-0.15, -0.1) is 0 Å². The van der Waals surface area contributed by atoms with Gasteiger partial charge in [-0.3, -0.25) is 4.79 Å². The number of carbonyl (C=O) groups excluding carboxylic acids is 1. The molecule has 1 aromatic rings. The van der Waals surface area contributed by atoms with Crippen LogP contribution >= 0.6 is 0 Å². The van der Waals surface area contributed by atoms with Crippen LogP contribution in [-0.4, -0.2) is 23.9 Å². The van der Waals surface area contributed by atoms with Crippen LogP contribution in [0.25, 0.3) is 0 Å². The smallest absolute Gasteiger partial charge is 0.230 e. The third kappa shape index (κ3) is 1.74. The minimum Gasteiger partial charge on any atom is -0.338 e. The van der Waals surface area contributed by atoms with E-state index in [9.17, 15) is 4.79 Å². The summed E-state index contributed by atoms with van der Waals surface area (Å²) in [6, 6.07) is 8.42. The number of nitrogens with two attached hydrogens (primary N) is 1. The van der Waals surface area contributed by atoms with Crippen molar-refractivity contribution in [1.82, 2.24) is 4.90 Å². The highest BCUT2D eigenvalue weighted by Crippen LogP contribution is 2.42. The average molecular weight is 244 g/mol. The first kappa shape index (κ1) is 11.7. The molecule has 2 aliphatic rings. The molecule has 1 aromatic carbocycles. The quantitative estimate of drug-likeness (QED) is 0.860. The van der Waals surface area contributed by atoms with E-state index in [1.54, 1.807) is 0 Å². The zero-order valence-electron chi connectivity index (χ0n) is 10.7. The van der Waals surface area contributed by atoms with Crippen LogP contribution in [0.4, 0.5) is 0 Å². The summed E-state index contributed by atoms with van der Waals surface area (Å²) in [5.74, 6) is 0.283. The van der Waals surface area contributed by atoms with E-state index in [-0.39, 0.29) is 11.3 Å². The van der Waals surface area contributed by atoms with E-state index in [1.807, 2.05) is 4.90 Å². The van der Waals surface area contributed by atoms with Crippen LogP contribution in [-0.2, 0) is 17.8 Å². The second kappa shape index (κ2) is 4.39. The highest BCUT2D eigenvalue weighted by molar-refractivity contribution is 5.84. The molecular formula is C15H20N2O. The SMILES string of the molecule is NCC1(C(=O)N2CCc3ccccc3C2)CCC1. The lowest BCUT2D eigenvalue weighted by atomic mass is 9.67. The zero-order valence-corrected chi connectivity index (χ0v) is 10.7. The summed E-state index contributed by atoms with van der Waals surface area (Å²) in [4.78, 5) is 14.6. The average Bonchev–Trinajstić information content (AvgIpc) is 2.37.